The zero-order valence-electron chi connectivity index (χ0n) is 8.32. The molecule has 1 nitrogen and oxygen atoms in total. The molecule has 14 heavy (non-hydrogen) atoms. The lowest BCUT2D eigenvalue weighted by molar-refractivity contribution is 0.180. The van der Waals surface area contributed by atoms with Crippen LogP contribution in [-0.4, -0.2) is 11.2 Å². The molecule has 0 aromatic heterocycles. The molecule has 1 N–H and O–H groups in total. The molecule has 0 saturated heterocycles. The number of benzene rings is 1. The lowest BCUT2D eigenvalue weighted by atomic mass is 9.91. The van der Waals surface area contributed by atoms with Crippen LogP contribution in [0.4, 0.5) is 0 Å². The van der Waals surface area contributed by atoms with Gasteiger partial charge in [-0.05, 0) is 30.4 Å². The summed E-state index contributed by atoms with van der Waals surface area (Å²) in [7, 11) is 0. The molecule has 1 aliphatic carbocycles. The highest BCUT2D eigenvalue weighted by atomic mass is 16.3. The van der Waals surface area contributed by atoms with E-state index in [2.05, 4.69) is 18.2 Å². The number of hydrogen-bond acceptors (Lipinski definition) is 1. The van der Waals surface area contributed by atoms with Gasteiger partial charge in [-0.1, -0.05) is 42.8 Å². The van der Waals surface area contributed by atoms with Gasteiger partial charge in [0.1, 0.15) is 0 Å². The van der Waals surface area contributed by atoms with Crippen molar-refractivity contribution in [2.24, 2.45) is 0 Å². The second-order valence-corrected chi connectivity index (χ2v) is 3.89. The average Bonchev–Trinajstić information content (AvgIpc) is 2.23. The van der Waals surface area contributed by atoms with Crippen LogP contribution in [0.3, 0.4) is 0 Å². The van der Waals surface area contributed by atoms with Gasteiger partial charge < -0.3 is 5.11 Å². The van der Waals surface area contributed by atoms with Gasteiger partial charge in [0.15, 0.2) is 0 Å². The second kappa shape index (κ2) is 4.43. The normalized spacial score (nSPS) is 25.2. The molecular weight excluding hydrogens is 172 g/mol. The van der Waals surface area contributed by atoms with E-state index in [1.54, 1.807) is 0 Å². The van der Waals surface area contributed by atoms with Gasteiger partial charge in [-0.2, -0.15) is 0 Å². The van der Waals surface area contributed by atoms with Crippen LogP contribution in [0.25, 0.3) is 6.08 Å². The van der Waals surface area contributed by atoms with Crippen molar-refractivity contribution in [2.75, 3.05) is 0 Å². The van der Waals surface area contributed by atoms with Crippen molar-refractivity contribution in [1.82, 2.24) is 0 Å². The molecule has 1 atom stereocenters. The van der Waals surface area contributed by atoms with Crippen LogP contribution in [0.15, 0.2) is 35.9 Å². The van der Waals surface area contributed by atoms with E-state index in [1.165, 1.54) is 17.6 Å². The van der Waals surface area contributed by atoms with Crippen molar-refractivity contribution in [3.05, 3.63) is 41.5 Å². The summed E-state index contributed by atoms with van der Waals surface area (Å²) in [5.41, 5.74) is 2.39. The highest BCUT2D eigenvalue weighted by Gasteiger charge is 2.15. The fraction of sp³-hybridized carbons (Fsp3) is 0.385. The molecule has 0 heterocycles. The van der Waals surface area contributed by atoms with Crippen LogP contribution in [0.2, 0.25) is 0 Å². The van der Waals surface area contributed by atoms with Crippen LogP contribution in [0.1, 0.15) is 31.2 Å². The third kappa shape index (κ3) is 2.24. The summed E-state index contributed by atoms with van der Waals surface area (Å²) < 4.78 is 0. The molecule has 1 saturated carbocycles. The molecule has 1 unspecified atom stereocenters. The Hall–Kier alpha value is -1.08. The fourth-order valence-electron chi connectivity index (χ4n) is 1.95. The number of rotatable bonds is 1. The van der Waals surface area contributed by atoms with Gasteiger partial charge in [-0.25, -0.2) is 0 Å². The zero-order valence-corrected chi connectivity index (χ0v) is 8.32. The molecular formula is C13H16O. The molecule has 1 heteroatoms. The minimum absolute atomic E-state index is 0.205. The van der Waals surface area contributed by atoms with E-state index in [0.717, 1.165) is 19.3 Å². The number of aliphatic hydroxyl groups excluding tert-OH is 1. The monoisotopic (exact) mass is 188 g/mol. The van der Waals surface area contributed by atoms with Crippen LogP contribution < -0.4 is 0 Å². The predicted molar refractivity (Wildman–Crippen MR) is 58.9 cm³/mol. The van der Waals surface area contributed by atoms with E-state index >= 15 is 0 Å². The molecule has 1 aromatic rings. The number of hydrogen-bond donors (Lipinski definition) is 1. The van der Waals surface area contributed by atoms with Crippen LogP contribution in [0, 0.1) is 0 Å². The first kappa shape index (κ1) is 9.47. The van der Waals surface area contributed by atoms with Crippen molar-refractivity contribution < 1.29 is 5.11 Å². The maximum atomic E-state index is 9.76. The lowest BCUT2D eigenvalue weighted by Gasteiger charge is -2.20. The summed E-state index contributed by atoms with van der Waals surface area (Å²) in [6, 6.07) is 10.2. The standard InChI is InChI=1S/C13H16O/c14-13-9-5-4-8-12(13)10-11-6-2-1-3-7-11/h1-3,6-7,10,13-14H,4-5,8-9H2/b12-10+. The number of aliphatic hydroxyl groups is 1. The molecule has 1 aliphatic rings. The van der Waals surface area contributed by atoms with Crippen LogP contribution in [0.5, 0.6) is 0 Å². The first-order valence-electron chi connectivity index (χ1n) is 5.30. The van der Waals surface area contributed by atoms with Crippen LogP contribution >= 0.6 is 0 Å². The molecule has 1 aromatic carbocycles. The Balaban J connectivity index is 2.17. The molecule has 2 rings (SSSR count). The molecule has 74 valence electrons. The Morgan fingerprint density at radius 3 is 2.64 bits per heavy atom. The van der Waals surface area contributed by atoms with Crippen molar-refractivity contribution in [3.63, 3.8) is 0 Å². The third-order valence-electron chi connectivity index (χ3n) is 2.77. The SMILES string of the molecule is OC1CCCC/C1=C\c1ccccc1. The maximum absolute atomic E-state index is 9.76. The minimum atomic E-state index is -0.205. The fourth-order valence-corrected chi connectivity index (χ4v) is 1.95. The van der Waals surface area contributed by atoms with E-state index in [-0.39, 0.29) is 6.10 Å². The van der Waals surface area contributed by atoms with E-state index in [0.29, 0.717) is 0 Å². The summed E-state index contributed by atoms with van der Waals surface area (Å²) in [5, 5.41) is 9.76. The van der Waals surface area contributed by atoms with Gasteiger partial charge >= 0.3 is 0 Å². The Morgan fingerprint density at radius 1 is 1.14 bits per heavy atom. The Labute approximate surface area is 85.1 Å². The highest BCUT2D eigenvalue weighted by Crippen LogP contribution is 2.25. The van der Waals surface area contributed by atoms with E-state index in [9.17, 15) is 5.11 Å². The predicted octanol–water partition coefficient (Wildman–Crippen LogP) is 3.00. The van der Waals surface area contributed by atoms with E-state index in [4.69, 9.17) is 0 Å². The van der Waals surface area contributed by atoms with Crippen molar-refractivity contribution >= 4 is 6.08 Å². The summed E-state index contributed by atoms with van der Waals surface area (Å²) in [6.45, 7) is 0. The topological polar surface area (TPSA) is 20.2 Å². The minimum Gasteiger partial charge on any atom is -0.389 e. The molecule has 0 bridgehead atoms. The van der Waals surface area contributed by atoms with Gasteiger partial charge in [0.2, 0.25) is 0 Å². The largest absolute Gasteiger partial charge is 0.389 e. The van der Waals surface area contributed by atoms with Gasteiger partial charge in [0, 0.05) is 0 Å². The van der Waals surface area contributed by atoms with Gasteiger partial charge in [0.05, 0.1) is 6.10 Å². The second-order valence-electron chi connectivity index (χ2n) is 3.89. The lowest BCUT2D eigenvalue weighted by Crippen LogP contribution is -2.14. The molecule has 0 radical (unpaired) electrons. The Kier molecular flexibility index (Phi) is 3.00. The average molecular weight is 188 g/mol. The van der Waals surface area contributed by atoms with E-state index < -0.39 is 0 Å². The maximum Gasteiger partial charge on any atom is 0.0753 e. The van der Waals surface area contributed by atoms with Crippen LogP contribution in [-0.2, 0) is 0 Å². The zero-order chi connectivity index (χ0) is 9.80. The van der Waals surface area contributed by atoms with Gasteiger partial charge in [0.25, 0.3) is 0 Å². The summed E-state index contributed by atoms with van der Waals surface area (Å²) in [6.07, 6.45) is 6.28. The first-order valence-corrected chi connectivity index (χ1v) is 5.30. The Morgan fingerprint density at radius 2 is 1.93 bits per heavy atom. The highest BCUT2D eigenvalue weighted by molar-refractivity contribution is 5.53. The smallest absolute Gasteiger partial charge is 0.0753 e. The van der Waals surface area contributed by atoms with Gasteiger partial charge in [-0.3, -0.25) is 0 Å². The quantitative estimate of drug-likeness (QED) is 0.718. The first-order chi connectivity index (χ1) is 6.86. The van der Waals surface area contributed by atoms with Gasteiger partial charge in [-0.15, -0.1) is 0 Å². The van der Waals surface area contributed by atoms with Crippen molar-refractivity contribution in [2.45, 2.75) is 31.8 Å². The third-order valence-corrected chi connectivity index (χ3v) is 2.77. The molecule has 1 fully saturated rings. The van der Waals surface area contributed by atoms with Crippen molar-refractivity contribution in [1.29, 1.82) is 0 Å². The summed E-state index contributed by atoms with van der Waals surface area (Å²) >= 11 is 0. The summed E-state index contributed by atoms with van der Waals surface area (Å²) in [5.74, 6) is 0. The molecule has 0 amide bonds. The molecule has 0 aliphatic heterocycles. The molecule has 0 spiro atoms. The van der Waals surface area contributed by atoms with Crippen molar-refractivity contribution in [3.8, 4) is 0 Å². The van der Waals surface area contributed by atoms with E-state index in [1.807, 2.05) is 18.2 Å². The Bertz CT molecular complexity index is 313. The summed E-state index contributed by atoms with van der Waals surface area (Å²) in [4.78, 5) is 0.